The topological polar surface area (TPSA) is 73.0 Å². The summed E-state index contributed by atoms with van der Waals surface area (Å²) < 4.78 is 7.98. The van der Waals surface area contributed by atoms with E-state index in [9.17, 15) is 4.79 Å². The van der Waals surface area contributed by atoms with E-state index in [-0.39, 0.29) is 5.91 Å². The highest BCUT2D eigenvalue weighted by Crippen LogP contribution is 2.27. The molecular weight excluding hydrogens is 364 g/mol. The molecule has 6 heteroatoms. The Morgan fingerprint density at radius 2 is 1.86 bits per heavy atom. The molecule has 1 N–H and O–H groups in total. The number of para-hydroxylation sites is 1. The van der Waals surface area contributed by atoms with Crippen molar-refractivity contribution in [2.45, 2.75) is 39.2 Å². The van der Waals surface area contributed by atoms with E-state index >= 15 is 0 Å². The molecule has 29 heavy (non-hydrogen) atoms. The van der Waals surface area contributed by atoms with E-state index in [0.29, 0.717) is 11.4 Å². The molecule has 5 rings (SSSR count). The lowest BCUT2D eigenvalue weighted by molar-refractivity contribution is 0.0998. The second kappa shape index (κ2) is 7.20. The van der Waals surface area contributed by atoms with E-state index in [1.165, 1.54) is 12.8 Å². The average Bonchev–Trinajstić information content (AvgIpc) is 3.21. The first kappa shape index (κ1) is 17.7. The highest BCUT2D eigenvalue weighted by molar-refractivity contribution is 6.06. The van der Waals surface area contributed by atoms with E-state index in [4.69, 9.17) is 4.42 Å². The fourth-order valence-electron chi connectivity index (χ4n) is 3.98. The lowest BCUT2D eigenvalue weighted by Gasteiger charge is -2.08. The van der Waals surface area contributed by atoms with Crippen LogP contribution in [-0.4, -0.2) is 20.7 Å². The smallest absolute Gasteiger partial charge is 0.291 e. The number of nitrogens with one attached hydrogen (secondary N) is 1. The van der Waals surface area contributed by atoms with Gasteiger partial charge in [0, 0.05) is 35.2 Å². The summed E-state index contributed by atoms with van der Waals surface area (Å²) in [6.45, 7) is 2.86. The third-order valence-corrected chi connectivity index (χ3v) is 5.56. The van der Waals surface area contributed by atoms with Crippen molar-refractivity contribution in [3.8, 4) is 11.4 Å². The molecule has 2 aromatic heterocycles. The number of anilines is 1. The fraction of sp³-hybridized carbons (Fsp3) is 0.261. The van der Waals surface area contributed by atoms with Crippen LogP contribution in [0.4, 0.5) is 5.69 Å². The number of fused-ring (bicyclic) bond motifs is 2. The standard InChI is InChI=1S/C23H22N4O2/c1-15-18-7-4-5-8-19(18)29-21(15)23(28)24-17-12-10-16(11-13-17)22-26-25-20-9-3-2-6-14-27(20)22/h4-5,7-8,10-13H,2-3,6,9,14H2,1H3,(H,24,28). The highest BCUT2D eigenvalue weighted by atomic mass is 16.3. The van der Waals surface area contributed by atoms with Gasteiger partial charge in [0.15, 0.2) is 11.6 Å². The van der Waals surface area contributed by atoms with Gasteiger partial charge in [-0.1, -0.05) is 24.6 Å². The summed E-state index contributed by atoms with van der Waals surface area (Å²) in [4.78, 5) is 12.7. The summed E-state index contributed by atoms with van der Waals surface area (Å²) >= 11 is 0. The zero-order chi connectivity index (χ0) is 19.8. The molecule has 0 aliphatic carbocycles. The number of hydrogen-bond donors (Lipinski definition) is 1. The van der Waals surface area contributed by atoms with Gasteiger partial charge >= 0.3 is 0 Å². The van der Waals surface area contributed by atoms with Gasteiger partial charge in [-0.05, 0) is 50.1 Å². The molecule has 0 radical (unpaired) electrons. The summed E-state index contributed by atoms with van der Waals surface area (Å²) in [5.74, 6) is 2.06. The summed E-state index contributed by atoms with van der Waals surface area (Å²) in [5, 5.41) is 12.6. The second-order valence-corrected chi connectivity index (χ2v) is 7.49. The Labute approximate surface area is 168 Å². The van der Waals surface area contributed by atoms with Crippen LogP contribution < -0.4 is 5.32 Å². The van der Waals surface area contributed by atoms with Gasteiger partial charge < -0.3 is 14.3 Å². The molecule has 0 saturated heterocycles. The first-order valence-electron chi connectivity index (χ1n) is 10.0. The van der Waals surface area contributed by atoms with E-state index in [0.717, 1.165) is 53.1 Å². The molecule has 2 aromatic carbocycles. The molecule has 6 nitrogen and oxygen atoms in total. The molecule has 0 unspecified atom stereocenters. The Hall–Kier alpha value is -3.41. The lowest BCUT2D eigenvalue weighted by atomic mass is 10.1. The van der Waals surface area contributed by atoms with E-state index < -0.39 is 0 Å². The minimum Gasteiger partial charge on any atom is -0.451 e. The number of aromatic nitrogens is 3. The second-order valence-electron chi connectivity index (χ2n) is 7.49. The van der Waals surface area contributed by atoms with Crippen LogP contribution in [0.15, 0.2) is 52.9 Å². The number of carbonyl (C=O) groups excluding carboxylic acids is 1. The number of amides is 1. The van der Waals surface area contributed by atoms with Crippen LogP contribution in [0.3, 0.4) is 0 Å². The fourth-order valence-corrected chi connectivity index (χ4v) is 3.98. The number of rotatable bonds is 3. The minimum absolute atomic E-state index is 0.247. The number of hydrogen-bond acceptors (Lipinski definition) is 4. The molecular formula is C23H22N4O2. The third kappa shape index (κ3) is 3.20. The van der Waals surface area contributed by atoms with Crippen molar-refractivity contribution >= 4 is 22.6 Å². The maximum atomic E-state index is 12.7. The Balaban J connectivity index is 1.37. The number of benzene rings is 2. The lowest BCUT2D eigenvalue weighted by Crippen LogP contribution is -2.12. The molecule has 0 atom stereocenters. The SMILES string of the molecule is Cc1c(C(=O)Nc2ccc(-c3nnc4n3CCCCC4)cc2)oc2ccccc12. The monoisotopic (exact) mass is 386 g/mol. The average molecular weight is 386 g/mol. The van der Waals surface area contributed by atoms with Crippen LogP contribution in [0.25, 0.3) is 22.4 Å². The summed E-state index contributed by atoms with van der Waals surface area (Å²) in [7, 11) is 0. The summed E-state index contributed by atoms with van der Waals surface area (Å²) in [6.07, 6.45) is 4.54. The maximum absolute atomic E-state index is 12.7. The van der Waals surface area contributed by atoms with Crippen LogP contribution in [0.1, 0.15) is 41.2 Å². The first-order chi connectivity index (χ1) is 14.2. The molecule has 0 fully saturated rings. The molecule has 146 valence electrons. The normalized spacial score (nSPS) is 13.8. The van der Waals surface area contributed by atoms with E-state index in [2.05, 4.69) is 20.1 Å². The van der Waals surface area contributed by atoms with Crippen molar-refractivity contribution in [1.82, 2.24) is 14.8 Å². The Kier molecular flexibility index (Phi) is 4.39. The predicted molar refractivity (Wildman–Crippen MR) is 112 cm³/mol. The molecule has 0 spiro atoms. The molecule has 1 aliphatic heterocycles. The van der Waals surface area contributed by atoms with Crippen LogP contribution in [0.2, 0.25) is 0 Å². The summed E-state index contributed by atoms with van der Waals surface area (Å²) in [6, 6.07) is 15.4. The molecule has 1 aliphatic rings. The molecule has 3 heterocycles. The van der Waals surface area contributed by atoms with Crippen molar-refractivity contribution in [2.24, 2.45) is 0 Å². The van der Waals surface area contributed by atoms with Crippen LogP contribution in [0, 0.1) is 6.92 Å². The summed E-state index contributed by atoms with van der Waals surface area (Å²) in [5.41, 5.74) is 3.29. The molecule has 1 amide bonds. The highest BCUT2D eigenvalue weighted by Gasteiger charge is 2.18. The van der Waals surface area contributed by atoms with Gasteiger partial charge in [-0.3, -0.25) is 4.79 Å². The zero-order valence-electron chi connectivity index (χ0n) is 16.3. The first-order valence-corrected chi connectivity index (χ1v) is 10.0. The van der Waals surface area contributed by atoms with Crippen molar-refractivity contribution in [1.29, 1.82) is 0 Å². The van der Waals surface area contributed by atoms with Crippen molar-refractivity contribution in [3.05, 3.63) is 65.7 Å². The number of aryl methyl sites for hydroxylation is 2. The van der Waals surface area contributed by atoms with Crippen molar-refractivity contribution in [3.63, 3.8) is 0 Å². The van der Waals surface area contributed by atoms with Gasteiger partial charge in [0.1, 0.15) is 11.4 Å². The van der Waals surface area contributed by atoms with Crippen molar-refractivity contribution in [2.75, 3.05) is 5.32 Å². The van der Waals surface area contributed by atoms with Gasteiger partial charge in [0.2, 0.25) is 0 Å². The van der Waals surface area contributed by atoms with Gasteiger partial charge in [-0.2, -0.15) is 0 Å². The molecule has 4 aromatic rings. The molecule has 0 saturated carbocycles. The largest absolute Gasteiger partial charge is 0.451 e. The predicted octanol–water partition coefficient (Wildman–Crippen LogP) is 4.98. The Bertz CT molecular complexity index is 1190. The molecule has 0 bridgehead atoms. The Morgan fingerprint density at radius 3 is 2.69 bits per heavy atom. The zero-order valence-corrected chi connectivity index (χ0v) is 16.3. The van der Waals surface area contributed by atoms with Gasteiger partial charge in [0.25, 0.3) is 5.91 Å². The number of carbonyl (C=O) groups is 1. The van der Waals surface area contributed by atoms with Crippen LogP contribution in [0.5, 0.6) is 0 Å². The van der Waals surface area contributed by atoms with Crippen LogP contribution in [-0.2, 0) is 13.0 Å². The number of furan rings is 1. The minimum atomic E-state index is -0.247. The van der Waals surface area contributed by atoms with Gasteiger partial charge in [0.05, 0.1) is 0 Å². The van der Waals surface area contributed by atoms with E-state index in [1.807, 2.05) is 55.5 Å². The quantitative estimate of drug-likeness (QED) is 0.539. The Morgan fingerprint density at radius 1 is 1.03 bits per heavy atom. The van der Waals surface area contributed by atoms with Crippen LogP contribution >= 0.6 is 0 Å². The van der Waals surface area contributed by atoms with Gasteiger partial charge in [-0.25, -0.2) is 0 Å². The third-order valence-electron chi connectivity index (χ3n) is 5.56. The van der Waals surface area contributed by atoms with Crippen molar-refractivity contribution < 1.29 is 9.21 Å². The van der Waals surface area contributed by atoms with Gasteiger partial charge in [-0.15, -0.1) is 10.2 Å². The van der Waals surface area contributed by atoms with E-state index in [1.54, 1.807) is 0 Å². The maximum Gasteiger partial charge on any atom is 0.291 e. The number of nitrogens with zero attached hydrogens (tertiary/aromatic N) is 3.